The Kier molecular flexibility index (Phi) is 5.16. The summed E-state index contributed by atoms with van der Waals surface area (Å²) in [7, 11) is 0. The minimum atomic E-state index is -0.807. The van der Waals surface area contributed by atoms with Gasteiger partial charge in [-0.2, -0.15) is 5.48 Å². The summed E-state index contributed by atoms with van der Waals surface area (Å²) in [6.07, 6.45) is -0.807. The third kappa shape index (κ3) is 4.35. The van der Waals surface area contributed by atoms with E-state index in [1.165, 1.54) is 12.1 Å². The summed E-state index contributed by atoms with van der Waals surface area (Å²) in [5.41, 5.74) is 2.69. The number of amides is 1. The molecule has 114 valence electrons. The van der Waals surface area contributed by atoms with E-state index in [9.17, 15) is 14.9 Å². The highest BCUT2D eigenvalue weighted by Gasteiger charge is 2.12. The molecule has 8 heteroatoms. The zero-order valence-corrected chi connectivity index (χ0v) is 11.9. The Morgan fingerprint density at radius 1 is 1.23 bits per heavy atom. The molecule has 1 N–H and O–H groups in total. The van der Waals surface area contributed by atoms with Crippen LogP contribution in [-0.4, -0.2) is 11.0 Å². The smallest absolute Gasteiger partial charge is 0.440 e. The number of hydroxylamine groups is 1. The molecule has 0 unspecified atom stereocenters. The number of nitrogens with zero attached hydrogens (tertiary/aromatic N) is 1. The van der Waals surface area contributed by atoms with Crippen molar-refractivity contribution >= 4 is 23.4 Å². The molecular weight excluding hydrogens is 312 g/mol. The summed E-state index contributed by atoms with van der Waals surface area (Å²) in [6, 6.07) is 12.7. The number of carbonyl (C=O) groups excluding carboxylic acids is 1. The lowest BCUT2D eigenvalue weighted by atomic mass is 10.2. The molecule has 0 fully saturated rings. The minimum absolute atomic E-state index is 0.00226. The van der Waals surface area contributed by atoms with Crippen molar-refractivity contribution in [2.45, 2.75) is 6.61 Å². The predicted octanol–water partition coefficient (Wildman–Crippen LogP) is 3.47. The number of halogens is 1. The summed E-state index contributed by atoms with van der Waals surface area (Å²) >= 11 is 5.81. The highest BCUT2D eigenvalue weighted by atomic mass is 35.5. The van der Waals surface area contributed by atoms with Gasteiger partial charge in [0.2, 0.25) is 0 Å². The lowest BCUT2D eigenvalue weighted by Crippen LogP contribution is -2.27. The van der Waals surface area contributed by atoms with E-state index < -0.39 is 11.0 Å². The van der Waals surface area contributed by atoms with E-state index in [2.05, 4.69) is 0 Å². The Labute approximate surface area is 130 Å². The molecule has 0 atom stereocenters. The fourth-order valence-corrected chi connectivity index (χ4v) is 1.75. The Morgan fingerprint density at radius 2 is 1.95 bits per heavy atom. The standard InChI is InChI=1S/C14H11ClN2O5/c15-12-8-11(17(19)20)6-7-13(12)22-16-14(18)21-9-10-4-2-1-3-5-10/h1-8H,9H2,(H,16,18). The molecule has 7 nitrogen and oxygen atoms in total. The number of hydrogen-bond donors (Lipinski definition) is 1. The number of nitrogens with one attached hydrogen (secondary N) is 1. The number of non-ortho nitro benzene ring substituents is 1. The normalized spacial score (nSPS) is 9.86. The SMILES string of the molecule is O=C(NOc1ccc([N+](=O)[O-])cc1Cl)OCc1ccccc1. The molecule has 2 rings (SSSR count). The molecule has 0 aliphatic carbocycles. The van der Waals surface area contributed by atoms with Gasteiger partial charge < -0.3 is 9.57 Å². The van der Waals surface area contributed by atoms with Crippen LogP contribution in [0.2, 0.25) is 5.02 Å². The Hall–Kier alpha value is -2.80. The highest BCUT2D eigenvalue weighted by Crippen LogP contribution is 2.28. The molecular formula is C14H11ClN2O5. The van der Waals surface area contributed by atoms with Crippen LogP contribution in [0.5, 0.6) is 5.75 Å². The number of nitro benzene ring substituents is 1. The number of rotatable bonds is 5. The van der Waals surface area contributed by atoms with E-state index in [1.54, 1.807) is 12.1 Å². The van der Waals surface area contributed by atoms with Gasteiger partial charge in [-0.3, -0.25) is 10.1 Å². The van der Waals surface area contributed by atoms with E-state index >= 15 is 0 Å². The van der Waals surface area contributed by atoms with Crippen molar-refractivity contribution in [2.75, 3.05) is 0 Å². The summed E-state index contributed by atoms with van der Waals surface area (Å²) in [5.74, 6) is 0.0731. The van der Waals surface area contributed by atoms with Gasteiger partial charge in [0.05, 0.1) is 9.95 Å². The second-order valence-corrected chi connectivity index (χ2v) is 4.54. The number of carbonyl (C=O) groups is 1. The van der Waals surface area contributed by atoms with Crippen molar-refractivity contribution in [1.29, 1.82) is 0 Å². The molecule has 0 spiro atoms. The maximum Gasteiger partial charge on any atom is 0.440 e. The molecule has 2 aromatic rings. The second-order valence-electron chi connectivity index (χ2n) is 4.14. The van der Waals surface area contributed by atoms with Crippen LogP contribution in [0.1, 0.15) is 5.56 Å². The van der Waals surface area contributed by atoms with Gasteiger partial charge in [-0.1, -0.05) is 41.9 Å². The van der Waals surface area contributed by atoms with Crippen molar-refractivity contribution in [1.82, 2.24) is 5.48 Å². The molecule has 0 saturated heterocycles. The van der Waals surface area contributed by atoms with E-state index in [1.807, 2.05) is 23.7 Å². The largest absolute Gasteiger partial charge is 0.443 e. The first kappa shape index (κ1) is 15.6. The van der Waals surface area contributed by atoms with Crippen LogP contribution < -0.4 is 10.3 Å². The van der Waals surface area contributed by atoms with Gasteiger partial charge in [-0.05, 0) is 11.6 Å². The zero-order chi connectivity index (χ0) is 15.9. The monoisotopic (exact) mass is 322 g/mol. The number of hydrogen-bond acceptors (Lipinski definition) is 5. The zero-order valence-electron chi connectivity index (χ0n) is 11.2. The average molecular weight is 323 g/mol. The minimum Gasteiger partial charge on any atom is -0.443 e. The van der Waals surface area contributed by atoms with Crippen molar-refractivity contribution < 1.29 is 19.3 Å². The van der Waals surface area contributed by atoms with Crippen molar-refractivity contribution in [3.8, 4) is 5.75 Å². The van der Waals surface area contributed by atoms with Gasteiger partial charge >= 0.3 is 6.09 Å². The fraction of sp³-hybridized carbons (Fsp3) is 0.0714. The Bertz CT molecular complexity index is 678. The third-order valence-electron chi connectivity index (χ3n) is 2.58. The van der Waals surface area contributed by atoms with Crippen LogP contribution >= 0.6 is 11.6 Å². The molecule has 1 amide bonds. The highest BCUT2D eigenvalue weighted by molar-refractivity contribution is 6.32. The molecule has 0 radical (unpaired) electrons. The first-order valence-electron chi connectivity index (χ1n) is 6.14. The molecule has 22 heavy (non-hydrogen) atoms. The summed E-state index contributed by atoms with van der Waals surface area (Å²) < 4.78 is 4.93. The number of ether oxygens (including phenoxy) is 1. The van der Waals surface area contributed by atoms with Gasteiger partial charge in [0.15, 0.2) is 5.75 Å². The Morgan fingerprint density at radius 3 is 2.59 bits per heavy atom. The molecule has 0 saturated carbocycles. The van der Waals surface area contributed by atoms with E-state index in [-0.39, 0.29) is 23.1 Å². The first-order valence-corrected chi connectivity index (χ1v) is 6.51. The second kappa shape index (κ2) is 7.28. The van der Waals surface area contributed by atoms with Gasteiger partial charge in [0.25, 0.3) is 5.69 Å². The van der Waals surface area contributed by atoms with Gasteiger partial charge in [0.1, 0.15) is 6.61 Å². The van der Waals surface area contributed by atoms with Crippen molar-refractivity contribution in [3.05, 3.63) is 69.2 Å². The van der Waals surface area contributed by atoms with Crippen molar-refractivity contribution in [2.24, 2.45) is 0 Å². The molecule has 0 heterocycles. The van der Waals surface area contributed by atoms with Crippen LogP contribution in [0.25, 0.3) is 0 Å². The summed E-state index contributed by atoms with van der Waals surface area (Å²) in [6.45, 7) is 0.0873. The lowest BCUT2D eigenvalue weighted by molar-refractivity contribution is -0.384. The van der Waals surface area contributed by atoms with Gasteiger partial charge in [0, 0.05) is 12.1 Å². The van der Waals surface area contributed by atoms with Crippen LogP contribution in [-0.2, 0) is 11.3 Å². The first-order chi connectivity index (χ1) is 10.6. The molecule has 0 aromatic heterocycles. The van der Waals surface area contributed by atoms with E-state index in [0.29, 0.717) is 0 Å². The quantitative estimate of drug-likeness (QED) is 0.672. The fourth-order valence-electron chi connectivity index (χ4n) is 1.54. The average Bonchev–Trinajstić information content (AvgIpc) is 2.52. The molecule has 2 aromatic carbocycles. The van der Waals surface area contributed by atoms with Gasteiger partial charge in [-0.25, -0.2) is 4.79 Å². The molecule has 0 bridgehead atoms. The summed E-state index contributed by atoms with van der Waals surface area (Å²) in [5, 5.41) is 10.6. The maximum atomic E-state index is 11.5. The van der Waals surface area contributed by atoms with Crippen molar-refractivity contribution in [3.63, 3.8) is 0 Å². The van der Waals surface area contributed by atoms with Crippen LogP contribution in [0.4, 0.5) is 10.5 Å². The van der Waals surface area contributed by atoms with Crippen LogP contribution in [0.3, 0.4) is 0 Å². The number of nitro groups is 1. The predicted molar refractivity (Wildman–Crippen MR) is 78.5 cm³/mol. The number of benzene rings is 2. The topological polar surface area (TPSA) is 90.7 Å². The molecule has 0 aliphatic rings. The van der Waals surface area contributed by atoms with E-state index in [4.69, 9.17) is 21.2 Å². The Balaban J connectivity index is 1.85. The third-order valence-corrected chi connectivity index (χ3v) is 2.88. The summed E-state index contributed by atoms with van der Waals surface area (Å²) in [4.78, 5) is 26.4. The van der Waals surface area contributed by atoms with Gasteiger partial charge in [-0.15, -0.1) is 0 Å². The maximum absolute atomic E-state index is 11.5. The lowest BCUT2D eigenvalue weighted by Gasteiger charge is -2.09. The van der Waals surface area contributed by atoms with Crippen LogP contribution in [0, 0.1) is 10.1 Å². The van der Waals surface area contributed by atoms with Crippen LogP contribution in [0.15, 0.2) is 48.5 Å². The van der Waals surface area contributed by atoms with E-state index in [0.717, 1.165) is 11.6 Å². The molecule has 0 aliphatic heterocycles.